The number of aromatic hydroxyl groups is 1. The second-order valence-electron chi connectivity index (χ2n) is 2.88. The van der Waals surface area contributed by atoms with Crippen LogP contribution in [0.5, 0.6) is 5.75 Å². The van der Waals surface area contributed by atoms with Gasteiger partial charge in [-0.1, -0.05) is 12.1 Å². The third kappa shape index (κ3) is 2.22. The summed E-state index contributed by atoms with van der Waals surface area (Å²) in [6, 6.07) is 3.98. The van der Waals surface area contributed by atoms with Crippen LogP contribution in [-0.4, -0.2) is 11.7 Å². The Morgan fingerprint density at radius 3 is 2.64 bits per heavy atom. The Bertz CT molecular complexity index is 331. The Balaban J connectivity index is 3.12. The number of alkyl halides is 2. The van der Waals surface area contributed by atoms with E-state index in [1.807, 2.05) is 0 Å². The molecule has 1 aromatic rings. The van der Waals surface area contributed by atoms with Crippen LogP contribution in [0.4, 0.5) is 8.78 Å². The fourth-order valence-corrected chi connectivity index (χ4v) is 1.67. The number of benzene rings is 1. The van der Waals surface area contributed by atoms with Crippen molar-refractivity contribution >= 4 is 15.9 Å². The zero-order valence-electron chi connectivity index (χ0n) is 7.30. The number of phenols is 1. The standard InChI is InChI=1S/C9H10BrF2NO/c10-8-6(2-1-3-7(8)14)9(11,12)4-5-13/h1-3,14H,4-5,13H2. The van der Waals surface area contributed by atoms with Crippen LogP contribution in [0.1, 0.15) is 12.0 Å². The Labute approximate surface area is 88.9 Å². The number of rotatable bonds is 3. The average molecular weight is 266 g/mol. The quantitative estimate of drug-likeness (QED) is 0.883. The van der Waals surface area contributed by atoms with Crippen LogP contribution < -0.4 is 5.73 Å². The van der Waals surface area contributed by atoms with Gasteiger partial charge in [0.15, 0.2) is 0 Å². The molecule has 0 atom stereocenters. The van der Waals surface area contributed by atoms with E-state index < -0.39 is 12.3 Å². The average Bonchev–Trinajstić information content (AvgIpc) is 2.09. The second-order valence-corrected chi connectivity index (χ2v) is 3.67. The van der Waals surface area contributed by atoms with Crippen LogP contribution in [0.2, 0.25) is 0 Å². The molecule has 78 valence electrons. The Kier molecular flexibility index (Phi) is 3.44. The van der Waals surface area contributed by atoms with Crippen molar-refractivity contribution in [1.29, 1.82) is 0 Å². The molecule has 0 fully saturated rings. The van der Waals surface area contributed by atoms with Gasteiger partial charge in [-0.05, 0) is 28.5 Å². The van der Waals surface area contributed by atoms with Gasteiger partial charge in [-0.2, -0.15) is 0 Å². The maximum atomic E-state index is 13.4. The molecule has 0 radical (unpaired) electrons. The zero-order chi connectivity index (χ0) is 10.8. The van der Waals surface area contributed by atoms with E-state index in [1.54, 1.807) is 0 Å². The smallest absolute Gasteiger partial charge is 0.275 e. The molecule has 2 nitrogen and oxygen atoms in total. The predicted molar refractivity (Wildman–Crippen MR) is 53.4 cm³/mol. The molecule has 0 amide bonds. The lowest BCUT2D eigenvalue weighted by molar-refractivity contribution is -0.0116. The highest BCUT2D eigenvalue weighted by atomic mass is 79.9. The summed E-state index contributed by atoms with van der Waals surface area (Å²) in [4.78, 5) is 0. The molecular formula is C9H10BrF2NO. The summed E-state index contributed by atoms with van der Waals surface area (Å²) in [5.74, 6) is -3.20. The fraction of sp³-hybridized carbons (Fsp3) is 0.333. The molecule has 0 spiro atoms. The number of halogens is 3. The zero-order valence-corrected chi connectivity index (χ0v) is 8.89. The van der Waals surface area contributed by atoms with Crippen molar-refractivity contribution in [2.45, 2.75) is 12.3 Å². The normalized spacial score (nSPS) is 11.7. The summed E-state index contributed by atoms with van der Waals surface area (Å²) < 4.78 is 26.8. The van der Waals surface area contributed by atoms with E-state index in [9.17, 15) is 13.9 Å². The molecule has 0 aliphatic rings. The summed E-state index contributed by atoms with van der Waals surface area (Å²) in [7, 11) is 0. The van der Waals surface area contributed by atoms with Crippen molar-refractivity contribution in [2.24, 2.45) is 5.73 Å². The molecule has 3 N–H and O–H groups in total. The molecule has 1 rings (SSSR count). The van der Waals surface area contributed by atoms with Gasteiger partial charge in [0.25, 0.3) is 5.92 Å². The van der Waals surface area contributed by atoms with Gasteiger partial charge >= 0.3 is 0 Å². The minimum Gasteiger partial charge on any atom is -0.507 e. The molecule has 0 bridgehead atoms. The van der Waals surface area contributed by atoms with E-state index >= 15 is 0 Å². The third-order valence-corrected chi connectivity index (χ3v) is 2.66. The molecule has 5 heteroatoms. The Hall–Kier alpha value is -0.680. The SMILES string of the molecule is NCCC(F)(F)c1cccc(O)c1Br. The lowest BCUT2D eigenvalue weighted by Crippen LogP contribution is -2.19. The van der Waals surface area contributed by atoms with Gasteiger partial charge in [0, 0.05) is 12.0 Å². The van der Waals surface area contributed by atoms with Crippen LogP contribution in [0.3, 0.4) is 0 Å². The Morgan fingerprint density at radius 1 is 1.43 bits per heavy atom. The summed E-state index contributed by atoms with van der Waals surface area (Å²) in [6.07, 6.45) is -0.435. The third-order valence-electron chi connectivity index (χ3n) is 1.83. The first-order chi connectivity index (χ1) is 6.49. The van der Waals surface area contributed by atoms with E-state index in [0.29, 0.717) is 0 Å². The van der Waals surface area contributed by atoms with Crippen molar-refractivity contribution in [3.05, 3.63) is 28.2 Å². The van der Waals surface area contributed by atoms with Gasteiger partial charge in [0.05, 0.1) is 4.47 Å². The molecule has 14 heavy (non-hydrogen) atoms. The predicted octanol–water partition coefficient (Wildman–Crippen LogP) is 2.60. The summed E-state index contributed by atoms with van der Waals surface area (Å²) in [5, 5.41) is 9.22. The first kappa shape index (κ1) is 11.4. The maximum absolute atomic E-state index is 13.4. The number of nitrogens with two attached hydrogens (primary N) is 1. The van der Waals surface area contributed by atoms with Crippen molar-refractivity contribution < 1.29 is 13.9 Å². The molecule has 0 unspecified atom stereocenters. The van der Waals surface area contributed by atoms with Gasteiger partial charge in [-0.15, -0.1) is 0 Å². The molecule has 0 aromatic heterocycles. The van der Waals surface area contributed by atoms with Gasteiger partial charge in [0.1, 0.15) is 5.75 Å². The maximum Gasteiger partial charge on any atom is 0.275 e. The second kappa shape index (κ2) is 4.23. The van der Waals surface area contributed by atoms with E-state index in [-0.39, 0.29) is 22.3 Å². The van der Waals surface area contributed by atoms with E-state index in [0.717, 1.165) is 0 Å². The summed E-state index contributed by atoms with van der Waals surface area (Å²) >= 11 is 2.92. The highest BCUT2D eigenvalue weighted by Crippen LogP contribution is 2.39. The lowest BCUT2D eigenvalue weighted by atomic mass is 10.1. The Morgan fingerprint density at radius 2 is 2.07 bits per heavy atom. The van der Waals surface area contributed by atoms with E-state index in [2.05, 4.69) is 15.9 Å². The molecule has 0 heterocycles. The topological polar surface area (TPSA) is 46.2 Å². The number of hydrogen-bond donors (Lipinski definition) is 2. The first-order valence-electron chi connectivity index (χ1n) is 4.05. The van der Waals surface area contributed by atoms with Crippen molar-refractivity contribution in [1.82, 2.24) is 0 Å². The highest BCUT2D eigenvalue weighted by Gasteiger charge is 2.33. The molecule has 0 saturated heterocycles. The monoisotopic (exact) mass is 265 g/mol. The van der Waals surface area contributed by atoms with Crippen LogP contribution in [-0.2, 0) is 5.92 Å². The minimum atomic E-state index is -3.01. The summed E-state index contributed by atoms with van der Waals surface area (Å²) in [5.41, 5.74) is 4.85. The lowest BCUT2D eigenvalue weighted by Gasteiger charge is -2.17. The molecule has 0 aliphatic heterocycles. The van der Waals surface area contributed by atoms with Gasteiger partial charge in [0.2, 0.25) is 0 Å². The van der Waals surface area contributed by atoms with Crippen LogP contribution in [0.15, 0.2) is 22.7 Å². The number of hydrogen-bond acceptors (Lipinski definition) is 2. The van der Waals surface area contributed by atoms with E-state index in [4.69, 9.17) is 5.73 Å². The largest absolute Gasteiger partial charge is 0.507 e. The van der Waals surface area contributed by atoms with Crippen molar-refractivity contribution in [2.75, 3.05) is 6.54 Å². The summed E-state index contributed by atoms with van der Waals surface area (Å²) in [6.45, 7) is -0.102. The van der Waals surface area contributed by atoms with Crippen molar-refractivity contribution in [3.8, 4) is 5.75 Å². The molecule has 1 aromatic carbocycles. The van der Waals surface area contributed by atoms with Gasteiger partial charge in [-0.25, -0.2) is 8.78 Å². The van der Waals surface area contributed by atoms with E-state index in [1.165, 1.54) is 18.2 Å². The van der Waals surface area contributed by atoms with Crippen molar-refractivity contribution in [3.63, 3.8) is 0 Å². The minimum absolute atomic E-state index is 0.0263. The first-order valence-corrected chi connectivity index (χ1v) is 4.84. The van der Waals surface area contributed by atoms with Crippen LogP contribution in [0.25, 0.3) is 0 Å². The molecule has 0 aliphatic carbocycles. The number of phenolic OH excluding ortho intramolecular Hbond substituents is 1. The van der Waals surface area contributed by atoms with Crippen LogP contribution in [0, 0.1) is 0 Å². The van der Waals surface area contributed by atoms with Gasteiger partial charge in [-0.3, -0.25) is 0 Å². The fourth-order valence-electron chi connectivity index (χ4n) is 1.12. The molecule has 0 saturated carbocycles. The molecular weight excluding hydrogens is 256 g/mol. The van der Waals surface area contributed by atoms with Gasteiger partial charge < -0.3 is 10.8 Å². The highest BCUT2D eigenvalue weighted by molar-refractivity contribution is 9.10. The van der Waals surface area contributed by atoms with Crippen LogP contribution >= 0.6 is 15.9 Å².